The predicted molar refractivity (Wildman–Crippen MR) is 96.1 cm³/mol. The van der Waals surface area contributed by atoms with Crippen LogP contribution in [0.15, 0.2) is 74.9 Å². The van der Waals surface area contributed by atoms with Crippen molar-refractivity contribution >= 4 is 32.9 Å². The SMILES string of the molecule is C=CCOC(=O)c1ccc(Br)c(-c2cc3ccccc3oc2=O)c1. The van der Waals surface area contributed by atoms with Crippen LogP contribution in [0.25, 0.3) is 22.1 Å². The Morgan fingerprint density at radius 1 is 1.17 bits per heavy atom. The zero-order chi connectivity index (χ0) is 17.1. The summed E-state index contributed by atoms with van der Waals surface area (Å²) in [4.78, 5) is 24.3. The first-order chi connectivity index (χ1) is 11.6. The first-order valence-corrected chi connectivity index (χ1v) is 8.00. The largest absolute Gasteiger partial charge is 0.458 e. The summed E-state index contributed by atoms with van der Waals surface area (Å²) >= 11 is 3.42. The fourth-order valence-corrected chi connectivity index (χ4v) is 2.79. The maximum absolute atomic E-state index is 12.3. The van der Waals surface area contributed by atoms with Gasteiger partial charge in [0.2, 0.25) is 0 Å². The van der Waals surface area contributed by atoms with E-state index in [4.69, 9.17) is 9.15 Å². The van der Waals surface area contributed by atoms with Crippen LogP contribution in [0, 0.1) is 0 Å². The standard InChI is InChI=1S/C19H13BrO4/c1-2-9-23-18(21)13-7-8-16(20)14(11-13)15-10-12-5-3-4-6-17(12)24-19(15)22/h2-8,10-11H,1,9H2. The maximum Gasteiger partial charge on any atom is 0.344 e. The Morgan fingerprint density at radius 3 is 2.75 bits per heavy atom. The fourth-order valence-electron chi connectivity index (χ4n) is 2.33. The third-order valence-electron chi connectivity index (χ3n) is 3.47. The van der Waals surface area contributed by atoms with Crippen LogP contribution in [0.5, 0.6) is 0 Å². The lowest BCUT2D eigenvalue weighted by Crippen LogP contribution is -2.07. The number of hydrogen-bond donors (Lipinski definition) is 0. The highest BCUT2D eigenvalue weighted by Crippen LogP contribution is 2.29. The topological polar surface area (TPSA) is 56.5 Å². The van der Waals surface area contributed by atoms with E-state index < -0.39 is 11.6 Å². The molecule has 3 aromatic rings. The molecule has 3 rings (SSSR count). The molecular weight excluding hydrogens is 372 g/mol. The van der Waals surface area contributed by atoms with Gasteiger partial charge in [0.25, 0.3) is 0 Å². The van der Waals surface area contributed by atoms with E-state index in [1.54, 1.807) is 36.4 Å². The van der Waals surface area contributed by atoms with Crippen molar-refractivity contribution in [2.75, 3.05) is 6.61 Å². The third-order valence-corrected chi connectivity index (χ3v) is 4.16. The summed E-state index contributed by atoms with van der Waals surface area (Å²) in [5.41, 5.74) is 1.35. The van der Waals surface area contributed by atoms with Crippen molar-refractivity contribution in [3.63, 3.8) is 0 Å². The van der Waals surface area contributed by atoms with Crippen molar-refractivity contribution in [1.82, 2.24) is 0 Å². The molecule has 1 aromatic heterocycles. The number of carbonyl (C=O) groups excluding carboxylic acids is 1. The number of ether oxygens (including phenoxy) is 1. The molecule has 120 valence electrons. The molecule has 0 saturated heterocycles. The smallest absolute Gasteiger partial charge is 0.344 e. The van der Waals surface area contributed by atoms with Crippen LogP contribution in [-0.2, 0) is 4.74 Å². The van der Waals surface area contributed by atoms with Gasteiger partial charge >= 0.3 is 11.6 Å². The Labute approximate surface area is 146 Å². The number of rotatable bonds is 4. The minimum absolute atomic E-state index is 0.127. The molecule has 24 heavy (non-hydrogen) atoms. The maximum atomic E-state index is 12.3. The van der Waals surface area contributed by atoms with E-state index in [2.05, 4.69) is 22.5 Å². The van der Waals surface area contributed by atoms with Crippen LogP contribution in [0.1, 0.15) is 10.4 Å². The minimum atomic E-state index is -0.478. The summed E-state index contributed by atoms with van der Waals surface area (Å²) in [6.07, 6.45) is 1.50. The van der Waals surface area contributed by atoms with Crippen molar-refractivity contribution in [1.29, 1.82) is 0 Å². The van der Waals surface area contributed by atoms with Gasteiger partial charge in [0, 0.05) is 15.4 Å². The molecule has 2 aromatic carbocycles. The lowest BCUT2D eigenvalue weighted by atomic mass is 10.0. The van der Waals surface area contributed by atoms with Crippen LogP contribution < -0.4 is 5.63 Å². The molecule has 4 nitrogen and oxygen atoms in total. The average molecular weight is 385 g/mol. The Kier molecular flexibility index (Phi) is 4.62. The van der Waals surface area contributed by atoms with Crippen molar-refractivity contribution in [2.45, 2.75) is 0 Å². The molecule has 0 aliphatic heterocycles. The number of fused-ring (bicyclic) bond motifs is 1. The van der Waals surface area contributed by atoms with Gasteiger partial charge in [0.05, 0.1) is 11.1 Å². The van der Waals surface area contributed by atoms with Crippen molar-refractivity contribution in [3.05, 3.63) is 81.6 Å². The molecule has 5 heteroatoms. The van der Waals surface area contributed by atoms with E-state index in [0.29, 0.717) is 26.7 Å². The van der Waals surface area contributed by atoms with Crippen molar-refractivity contribution in [2.24, 2.45) is 0 Å². The Balaban J connectivity index is 2.12. The normalized spacial score (nSPS) is 10.5. The van der Waals surface area contributed by atoms with E-state index in [-0.39, 0.29) is 6.61 Å². The van der Waals surface area contributed by atoms with Crippen LogP contribution in [-0.4, -0.2) is 12.6 Å². The lowest BCUT2D eigenvalue weighted by Gasteiger charge is -2.08. The van der Waals surface area contributed by atoms with Crippen molar-refractivity contribution in [3.8, 4) is 11.1 Å². The summed E-state index contributed by atoms with van der Waals surface area (Å²) < 4.78 is 11.1. The molecule has 0 bridgehead atoms. The molecule has 0 amide bonds. The van der Waals surface area contributed by atoms with Gasteiger partial charge in [-0.2, -0.15) is 0 Å². The second-order valence-corrected chi connectivity index (χ2v) is 5.92. The van der Waals surface area contributed by atoms with E-state index >= 15 is 0 Å². The van der Waals surface area contributed by atoms with E-state index in [1.165, 1.54) is 6.08 Å². The second kappa shape index (κ2) is 6.84. The van der Waals surface area contributed by atoms with Gasteiger partial charge in [0.1, 0.15) is 12.2 Å². The van der Waals surface area contributed by atoms with E-state index in [9.17, 15) is 9.59 Å². The molecule has 0 saturated carbocycles. The van der Waals surface area contributed by atoms with Crippen molar-refractivity contribution < 1.29 is 13.9 Å². The van der Waals surface area contributed by atoms with E-state index in [1.807, 2.05) is 12.1 Å². The number of esters is 1. The zero-order valence-electron chi connectivity index (χ0n) is 12.6. The number of para-hydroxylation sites is 1. The first-order valence-electron chi connectivity index (χ1n) is 7.21. The minimum Gasteiger partial charge on any atom is -0.458 e. The molecular formula is C19H13BrO4. The molecule has 0 unspecified atom stereocenters. The summed E-state index contributed by atoms with van der Waals surface area (Å²) in [6.45, 7) is 3.64. The highest BCUT2D eigenvalue weighted by atomic mass is 79.9. The summed E-state index contributed by atoms with van der Waals surface area (Å²) in [7, 11) is 0. The molecule has 0 radical (unpaired) electrons. The van der Waals surface area contributed by atoms with Crippen LogP contribution >= 0.6 is 15.9 Å². The van der Waals surface area contributed by atoms with Crippen LogP contribution in [0.3, 0.4) is 0 Å². The molecule has 0 aliphatic rings. The number of carbonyl (C=O) groups is 1. The fraction of sp³-hybridized carbons (Fsp3) is 0.0526. The van der Waals surface area contributed by atoms with Gasteiger partial charge in [0.15, 0.2) is 0 Å². The van der Waals surface area contributed by atoms with Gasteiger partial charge in [-0.1, -0.05) is 46.8 Å². The molecule has 0 aliphatic carbocycles. The van der Waals surface area contributed by atoms with Gasteiger partial charge in [-0.05, 0) is 30.3 Å². The van der Waals surface area contributed by atoms with E-state index in [0.717, 1.165) is 5.39 Å². The Hall–Kier alpha value is -2.66. The second-order valence-electron chi connectivity index (χ2n) is 5.07. The van der Waals surface area contributed by atoms with Crippen LogP contribution in [0.2, 0.25) is 0 Å². The number of halogens is 1. The number of hydrogen-bond acceptors (Lipinski definition) is 4. The Bertz CT molecular complexity index is 988. The third kappa shape index (κ3) is 3.16. The van der Waals surface area contributed by atoms with Gasteiger partial charge in [-0.25, -0.2) is 9.59 Å². The predicted octanol–water partition coefficient (Wildman–Crippen LogP) is 4.57. The summed E-state index contributed by atoms with van der Waals surface area (Å²) in [6, 6.07) is 13.9. The Morgan fingerprint density at radius 2 is 1.96 bits per heavy atom. The molecule has 1 heterocycles. The summed E-state index contributed by atoms with van der Waals surface area (Å²) in [5, 5.41) is 0.804. The van der Waals surface area contributed by atoms with Crippen LogP contribution in [0.4, 0.5) is 0 Å². The van der Waals surface area contributed by atoms with Gasteiger partial charge in [-0.15, -0.1) is 0 Å². The lowest BCUT2D eigenvalue weighted by molar-refractivity contribution is 0.0550. The zero-order valence-corrected chi connectivity index (χ0v) is 14.2. The number of benzene rings is 2. The monoisotopic (exact) mass is 384 g/mol. The quantitative estimate of drug-likeness (QED) is 0.375. The van der Waals surface area contributed by atoms with Gasteiger partial charge in [-0.3, -0.25) is 0 Å². The molecule has 0 N–H and O–H groups in total. The summed E-state index contributed by atoms with van der Waals surface area (Å²) in [5.74, 6) is -0.478. The molecule has 0 spiro atoms. The highest BCUT2D eigenvalue weighted by molar-refractivity contribution is 9.10. The molecule has 0 fully saturated rings. The first kappa shape index (κ1) is 16.2. The van der Waals surface area contributed by atoms with Gasteiger partial charge < -0.3 is 9.15 Å². The average Bonchev–Trinajstić information content (AvgIpc) is 2.59. The highest BCUT2D eigenvalue weighted by Gasteiger charge is 2.15. The molecule has 0 atom stereocenters.